The Morgan fingerprint density at radius 2 is 1.78 bits per heavy atom. The Kier molecular flexibility index (Phi) is 16.4. The summed E-state index contributed by atoms with van der Waals surface area (Å²) >= 11 is 0. The van der Waals surface area contributed by atoms with Gasteiger partial charge in [-0.05, 0) is 0 Å². The molecule has 23 heavy (non-hydrogen) atoms. The van der Waals surface area contributed by atoms with Gasteiger partial charge in [-0.25, -0.2) is 18.2 Å². The molecule has 0 saturated heterocycles. The van der Waals surface area contributed by atoms with E-state index in [4.69, 9.17) is 0 Å². The van der Waals surface area contributed by atoms with Crippen LogP contribution >= 0.6 is 24.8 Å². The third kappa shape index (κ3) is 8.37. The maximum absolute atomic E-state index is 3.35. The molecule has 0 aromatic carbocycles. The van der Waals surface area contributed by atoms with Gasteiger partial charge in [-0.2, -0.15) is 17.7 Å². The standard InChI is InChI=1S/C15H23.C5H5.2ClH.Zr/c1-2-3-11-15(12-7-4-8-13-15)14-9-5-6-10-14;1-2-4-5-3-1;;;/h9-10H,2-5,7-8,11-13H2,1H3;1-3H,4H2;2*1H;/q2*-1;;;+2. The van der Waals surface area contributed by atoms with Crippen LogP contribution in [0.2, 0.25) is 0 Å². The van der Waals surface area contributed by atoms with E-state index in [1.54, 1.807) is 5.57 Å². The molecule has 0 unspecified atom stereocenters. The molecule has 0 bridgehead atoms. The summed E-state index contributed by atoms with van der Waals surface area (Å²) in [7, 11) is 0. The molecular weight excluding hydrogens is 402 g/mol. The Morgan fingerprint density at radius 1 is 1.04 bits per heavy atom. The van der Waals surface area contributed by atoms with Gasteiger partial charge < -0.3 is 0 Å². The molecule has 0 radical (unpaired) electrons. The molecule has 128 valence electrons. The molecule has 3 aliphatic rings. The first kappa shape index (κ1) is 25.7. The van der Waals surface area contributed by atoms with Crippen molar-refractivity contribution in [2.45, 2.75) is 71.1 Å². The molecule has 0 spiro atoms. The van der Waals surface area contributed by atoms with Crippen molar-refractivity contribution in [1.29, 1.82) is 0 Å². The molecule has 1 fully saturated rings. The fraction of sp³-hybridized carbons (Fsp3) is 0.600. The zero-order chi connectivity index (χ0) is 14.1. The first-order chi connectivity index (χ1) is 9.87. The second-order valence-corrected chi connectivity index (χ2v) is 6.16. The molecule has 0 nitrogen and oxygen atoms in total. The summed E-state index contributed by atoms with van der Waals surface area (Å²) in [5, 5.41) is 0. The second-order valence-electron chi connectivity index (χ2n) is 6.16. The van der Waals surface area contributed by atoms with Crippen LogP contribution in [0.3, 0.4) is 0 Å². The zero-order valence-corrected chi connectivity index (χ0v) is 18.4. The van der Waals surface area contributed by atoms with Gasteiger partial charge in [0.1, 0.15) is 0 Å². The van der Waals surface area contributed by atoms with E-state index in [2.05, 4.69) is 37.3 Å². The molecule has 3 heteroatoms. The average molecular weight is 433 g/mol. The largest absolute Gasteiger partial charge is 2.00 e. The molecule has 0 heterocycles. The third-order valence-corrected chi connectivity index (χ3v) is 4.72. The number of unbranched alkanes of at least 4 members (excludes halogenated alkanes) is 1. The van der Waals surface area contributed by atoms with Crippen LogP contribution in [0.1, 0.15) is 71.1 Å². The Balaban J connectivity index is 0. The Hall–Kier alpha value is 0.423. The molecule has 0 atom stereocenters. The first-order valence-corrected chi connectivity index (χ1v) is 8.36. The van der Waals surface area contributed by atoms with Gasteiger partial charge in [0.05, 0.1) is 0 Å². The monoisotopic (exact) mass is 430 g/mol. The fourth-order valence-corrected chi connectivity index (χ4v) is 3.53. The number of halogens is 2. The molecule has 0 aliphatic heterocycles. The van der Waals surface area contributed by atoms with Crippen molar-refractivity contribution in [3.8, 4) is 0 Å². The minimum absolute atomic E-state index is 0. The molecule has 0 N–H and O–H groups in total. The smallest absolute Gasteiger partial charge is 0.273 e. The van der Waals surface area contributed by atoms with Crippen molar-refractivity contribution in [2.24, 2.45) is 5.41 Å². The Bertz CT molecular complexity index is 392. The van der Waals surface area contributed by atoms with E-state index in [1.165, 1.54) is 51.4 Å². The van der Waals surface area contributed by atoms with Crippen LogP contribution in [0.4, 0.5) is 0 Å². The summed E-state index contributed by atoms with van der Waals surface area (Å²) in [5.41, 5.74) is 2.17. The topological polar surface area (TPSA) is 0 Å². The van der Waals surface area contributed by atoms with Crippen LogP contribution in [0.15, 0.2) is 36.0 Å². The third-order valence-electron chi connectivity index (χ3n) is 4.72. The van der Waals surface area contributed by atoms with Gasteiger partial charge in [-0.15, -0.1) is 37.7 Å². The van der Waals surface area contributed by atoms with Gasteiger partial charge in [0.15, 0.2) is 0 Å². The molecule has 0 amide bonds. The number of allylic oxidation sites excluding steroid dienone is 8. The van der Waals surface area contributed by atoms with E-state index < -0.39 is 0 Å². The minimum atomic E-state index is 0. The molecule has 0 aromatic heterocycles. The molecule has 1 saturated carbocycles. The second kappa shape index (κ2) is 14.7. The fourth-order valence-electron chi connectivity index (χ4n) is 3.53. The van der Waals surface area contributed by atoms with E-state index in [9.17, 15) is 0 Å². The van der Waals surface area contributed by atoms with Crippen LogP contribution in [0.25, 0.3) is 0 Å². The van der Waals surface area contributed by atoms with Gasteiger partial charge in [-0.3, -0.25) is 12.2 Å². The van der Waals surface area contributed by atoms with E-state index >= 15 is 0 Å². The van der Waals surface area contributed by atoms with Gasteiger partial charge >= 0.3 is 26.2 Å². The molecule has 0 aromatic rings. The van der Waals surface area contributed by atoms with E-state index in [1.807, 2.05) is 12.2 Å². The maximum atomic E-state index is 3.35. The van der Waals surface area contributed by atoms with Crippen LogP contribution in [0.5, 0.6) is 0 Å². The summed E-state index contributed by atoms with van der Waals surface area (Å²) in [5.74, 6) is 0. The predicted molar refractivity (Wildman–Crippen MR) is 102 cm³/mol. The Morgan fingerprint density at radius 3 is 2.22 bits per heavy atom. The Labute approximate surface area is 174 Å². The quantitative estimate of drug-likeness (QED) is 0.421. The van der Waals surface area contributed by atoms with Gasteiger partial charge in [0.2, 0.25) is 0 Å². The summed E-state index contributed by atoms with van der Waals surface area (Å²) in [6, 6.07) is 0. The summed E-state index contributed by atoms with van der Waals surface area (Å²) in [6.07, 6.45) is 30.4. The average Bonchev–Trinajstić information content (AvgIpc) is 3.20. The molecular formula is C20H30Cl2Zr. The van der Waals surface area contributed by atoms with E-state index in [-0.39, 0.29) is 51.0 Å². The van der Waals surface area contributed by atoms with Gasteiger partial charge in [-0.1, -0.05) is 63.7 Å². The summed E-state index contributed by atoms with van der Waals surface area (Å²) < 4.78 is 0. The van der Waals surface area contributed by atoms with Crippen molar-refractivity contribution in [3.05, 3.63) is 48.1 Å². The van der Waals surface area contributed by atoms with Crippen molar-refractivity contribution in [3.63, 3.8) is 0 Å². The maximum Gasteiger partial charge on any atom is 2.00 e. The van der Waals surface area contributed by atoms with Crippen molar-refractivity contribution in [2.75, 3.05) is 0 Å². The number of hydrogen-bond donors (Lipinski definition) is 0. The van der Waals surface area contributed by atoms with Gasteiger partial charge in [0, 0.05) is 0 Å². The summed E-state index contributed by atoms with van der Waals surface area (Å²) in [6.45, 7) is 2.31. The molecule has 3 rings (SSSR count). The number of rotatable bonds is 4. The number of hydrogen-bond acceptors (Lipinski definition) is 0. The molecule has 3 aliphatic carbocycles. The van der Waals surface area contributed by atoms with Crippen molar-refractivity contribution >= 4 is 24.8 Å². The van der Waals surface area contributed by atoms with Crippen LogP contribution in [0, 0.1) is 17.6 Å². The van der Waals surface area contributed by atoms with Crippen LogP contribution < -0.4 is 0 Å². The predicted octanol–water partition coefficient (Wildman–Crippen LogP) is 6.96. The van der Waals surface area contributed by atoms with E-state index in [0.717, 1.165) is 12.8 Å². The zero-order valence-electron chi connectivity index (χ0n) is 14.3. The van der Waals surface area contributed by atoms with Gasteiger partial charge in [0.25, 0.3) is 0 Å². The first-order valence-electron chi connectivity index (χ1n) is 8.36. The van der Waals surface area contributed by atoms with Crippen LogP contribution in [-0.2, 0) is 26.2 Å². The van der Waals surface area contributed by atoms with Crippen LogP contribution in [-0.4, -0.2) is 0 Å². The van der Waals surface area contributed by atoms with Crippen molar-refractivity contribution in [1.82, 2.24) is 0 Å². The SMILES string of the molecule is CCCCC1(C2=CC[C-]=C2)CCCCC1.Cl.Cl.[C-]1=CC=CC1.[Zr+2]. The minimum Gasteiger partial charge on any atom is -0.273 e. The summed E-state index contributed by atoms with van der Waals surface area (Å²) in [4.78, 5) is 0. The normalized spacial score (nSPS) is 19.6. The van der Waals surface area contributed by atoms with Crippen molar-refractivity contribution < 1.29 is 26.2 Å². The van der Waals surface area contributed by atoms with E-state index in [0.29, 0.717) is 5.41 Å².